The first-order chi connectivity index (χ1) is 7.68. The van der Waals surface area contributed by atoms with E-state index in [1.807, 2.05) is 48.6 Å². The van der Waals surface area contributed by atoms with Gasteiger partial charge in [-0.05, 0) is 6.07 Å². The van der Waals surface area contributed by atoms with Crippen LogP contribution in [0, 0.1) is 0 Å². The SMILES string of the molecule is CN(C)/C=C/C(=O)c1csc2ccccc12. The Morgan fingerprint density at radius 3 is 2.81 bits per heavy atom. The Morgan fingerprint density at radius 1 is 1.31 bits per heavy atom. The summed E-state index contributed by atoms with van der Waals surface area (Å²) in [5, 5.41) is 2.97. The molecular weight excluding hydrogens is 218 g/mol. The Labute approximate surface area is 98.8 Å². The molecule has 0 radical (unpaired) electrons. The number of carbonyl (C=O) groups is 1. The van der Waals surface area contributed by atoms with Gasteiger partial charge in [0.2, 0.25) is 0 Å². The van der Waals surface area contributed by atoms with Gasteiger partial charge in [-0.1, -0.05) is 18.2 Å². The summed E-state index contributed by atoms with van der Waals surface area (Å²) in [5.74, 6) is 0.0613. The van der Waals surface area contributed by atoms with Crippen LogP contribution in [0.4, 0.5) is 0 Å². The van der Waals surface area contributed by atoms with Crippen molar-refractivity contribution in [2.45, 2.75) is 0 Å². The molecule has 0 N–H and O–H groups in total. The molecule has 0 unspecified atom stereocenters. The predicted molar refractivity (Wildman–Crippen MR) is 69.0 cm³/mol. The summed E-state index contributed by atoms with van der Waals surface area (Å²) >= 11 is 1.61. The van der Waals surface area contributed by atoms with Crippen molar-refractivity contribution in [3.05, 3.63) is 47.5 Å². The first-order valence-corrected chi connectivity index (χ1v) is 5.91. The minimum Gasteiger partial charge on any atom is -0.383 e. The molecule has 0 fully saturated rings. The molecule has 0 aliphatic heterocycles. The minimum absolute atomic E-state index is 0.0613. The Hall–Kier alpha value is -1.61. The molecule has 0 saturated heterocycles. The molecule has 0 aliphatic carbocycles. The molecule has 0 aliphatic rings. The van der Waals surface area contributed by atoms with Gasteiger partial charge in [0.1, 0.15) is 0 Å². The van der Waals surface area contributed by atoms with E-state index in [1.165, 1.54) is 0 Å². The molecule has 16 heavy (non-hydrogen) atoms. The molecule has 0 saturated carbocycles. The zero-order valence-electron chi connectivity index (χ0n) is 9.31. The second kappa shape index (κ2) is 4.49. The van der Waals surface area contributed by atoms with E-state index in [0.29, 0.717) is 0 Å². The van der Waals surface area contributed by atoms with Gasteiger partial charge in [-0.2, -0.15) is 0 Å². The number of carbonyl (C=O) groups excluding carboxylic acids is 1. The lowest BCUT2D eigenvalue weighted by Crippen LogP contribution is -2.02. The van der Waals surface area contributed by atoms with Gasteiger partial charge in [-0.15, -0.1) is 11.3 Å². The van der Waals surface area contributed by atoms with E-state index in [4.69, 9.17) is 0 Å². The summed E-state index contributed by atoms with van der Waals surface area (Å²) in [4.78, 5) is 13.8. The molecule has 0 amide bonds. The van der Waals surface area contributed by atoms with E-state index in [0.717, 1.165) is 15.6 Å². The van der Waals surface area contributed by atoms with Gasteiger partial charge >= 0.3 is 0 Å². The molecule has 2 aromatic rings. The van der Waals surface area contributed by atoms with Crippen molar-refractivity contribution < 1.29 is 4.79 Å². The van der Waals surface area contributed by atoms with Crippen LogP contribution >= 0.6 is 11.3 Å². The Kier molecular flexibility index (Phi) is 3.06. The maximum absolute atomic E-state index is 11.9. The van der Waals surface area contributed by atoms with Crippen LogP contribution in [0.2, 0.25) is 0 Å². The summed E-state index contributed by atoms with van der Waals surface area (Å²) < 4.78 is 1.16. The fourth-order valence-corrected chi connectivity index (χ4v) is 2.43. The average molecular weight is 231 g/mol. The molecule has 0 atom stereocenters. The summed E-state index contributed by atoms with van der Waals surface area (Å²) in [5.41, 5.74) is 0.790. The monoisotopic (exact) mass is 231 g/mol. The summed E-state index contributed by atoms with van der Waals surface area (Å²) in [6.07, 6.45) is 3.38. The number of allylic oxidation sites excluding steroid dienone is 1. The lowest BCUT2D eigenvalue weighted by Gasteiger charge is -2.02. The van der Waals surface area contributed by atoms with Crippen LogP contribution in [0.1, 0.15) is 10.4 Å². The minimum atomic E-state index is 0.0613. The molecule has 1 aromatic carbocycles. The third kappa shape index (κ3) is 2.14. The van der Waals surface area contributed by atoms with Crippen LogP contribution in [-0.2, 0) is 0 Å². The van der Waals surface area contributed by atoms with E-state index >= 15 is 0 Å². The quantitative estimate of drug-likeness (QED) is 0.597. The lowest BCUT2D eigenvalue weighted by atomic mass is 10.1. The van der Waals surface area contributed by atoms with Crippen molar-refractivity contribution in [3.8, 4) is 0 Å². The molecule has 0 spiro atoms. The number of fused-ring (bicyclic) bond motifs is 1. The van der Waals surface area contributed by atoms with Gasteiger partial charge < -0.3 is 4.90 Å². The van der Waals surface area contributed by atoms with E-state index in [1.54, 1.807) is 23.6 Å². The molecule has 3 heteroatoms. The van der Waals surface area contributed by atoms with Crippen molar-refractivity contribution in [2.24, 2.45) is 0 Å². The summed E-state index contributed by atoms with van der Waals surface area (Å²) in [6, 6.07) is 7.97. The van der Waals surface area contributed by atoms with Crippen LogP contribution in [0.25, 0.3) is 10.1 Å². The van der Waals surface area contributed by atoms with Gasteiger partial charge in [-0.3, -0.25) is 4.79 Å². The molecule has 2 nitrogen and oxygen atoms in total. The normalized spacial score (nSPS) is 11.1. The van der Waals surface area contributed by atoms with Gasteiger partial charge in [0.05, 0.1) is 0 Å². The third-order valence-corrected chi connectivity index (χ3v) is 3.23. The van der Waals surface area contributed by atoms with E-state index in [9.17, 15) is 4.79 Å². The zero-order chi connectivity index (χ0) is 11.5. The maximum Gasteiger partial charge on any atom is 0.188 e. The highest BCUT2D eigenvalue weighted by Gasteiger charge is 2.08. The van der Waals surface area contributed by atoms with Crippen LogP contribution in [-0.4, -0.2) is 24.8 Å². The molecule has 1 aromatic heterocycles. The number of rotatable bonds is 3. The molecule has 82 valence electrons. The highest BCUT2D eigenvalue weighted by Crippen LogP contribution is 2.26. The molecular formula is C13H13NOS. The smallest absolute Gasteiger partial charge is 0.188 e. The first kappa shape index (κ1) is 10.9. The average Bonchev–Trinajstić information content (AvgIpc) is 2.69. The predicted octanol–water partition coefficient (Wildman–Crippen LogP) is 3.16. The van der Waals surface area contributed by atoms with Crippen LogP contribution in [0.15, 0.2) is 41.9 Å². The molecule has 1 heterocycles. The molecule has 0 bridgehead atoms. The van der Waals surface area contributed by atoms with Crippen LogP contribution < -0.4 is 0 Å². The van der Waals surface area contributed by atoms with Gasteiger partial charge in [-0.25, -0.2) is 0 Å². The Balaban J connectivity index is 2.37. The largest absolute Gasteiger partial charge is 0.383 e. The van der Waals surface area contributed by atoms with Gasteiger partial charge in [0.15, 0.2) is 5.78 Å². The summed E-state index contributed by atoms with van der Waals surface area (Å²) in [6.45, 7) is 0. The van der Waals surface area contributed by atoms with Crippen molar-refractivity contribution >= 4 is 27.2 Å². The highest BCUT2D eigenvalue weighted by molar-refractivity contribution is 7.17. The molecule has 2 rings (SSSR count). The van der Waals surface area contributed by atoms with Crippen molar-refractivity contribution in [1.82, 2.24) is 4.90 Å². The fourth-order valence-electron chi connectivity index (χ4n) is 1.48. The number of ketones is 1. The third-order valence-electron chi connectivity index (χ3n) is 2.27. The maximum atomic E-state index is 11.9. The topological polar surface area (TPSA) is 20.3 Å². The number of nitrogens with zero attached hydrogens (tertiary/aromatic N) is 1. The fraction of sp³-hybridized carbons (Fsp3) is 0.154. The van der Waals surface area contributed by atoms with Crippen molar-refractivity contribution in [2.75, 3.05) is 14.1 Å². The van der Waals surface area contributed by atoms with Crippen LogP contribution in [0.5, 0.6) is 0 Å². The second-order valence-electron chi connectivity index (χ2n) is 3.79. The standard InChI is InChI=1S/C13H13NOS/c1-14(2)8-7-12(15)11-9-16-13-6-4-3-5-10(11)13/h3-9H,1-2H3/b8-7+. The Bertz CT molecular complexity index is 540. The van der Waals surface area contributed by atoms with Crippen molar-refractivity contribution in [3.63, 3.8) is 0 Å². The number of hydrogen-bond acceptors (Lipinski definition) is 3. The highest BCUT2D eigenvalue weighted by atomic mass is 32.1. The zero-order valence-corrected chi connectivity index (χ0v) is 10.1. The second-order valence-corrected chi connectivity index (χ2v) is 4.70. The van der Waals surface area contributed by atoms with E-state index < -0.39 is 0 Å². The number of thiophene rings is 1. The number of hydrogen-bond donors (Lipinski definition) is 0. The van der Waals surface area contributed by atoms with E-state index in [2.05, 4.69) is 0 Å². The van der Waals surface area contributed by atoms with Crippen molar-refractivity contribution in [1.29, 1.82) is 0 Å². The first-order valence-electron chi connectivity index (χ1n) is 5.03. The lowest BCUT2D eigenvalue weighted by molar-refractivity contribution is 0.104. The Morgan fingerprint density at radius 2 is 2.06 bits per heavy atom. The van der Waals surface area contributed by atoms with Gasteiger partial charge in [0.25, 0.3) is 0 Å². The summed E-state index contributed by atoms with van der Waals surface area (Å²) in [7, 11) is 3.80. The number of benzene rings is 1. The van der Waals surface area contributed by atoms with Crippen LogP contribution in [0.3, 0.4) is 0 Å². The van der Waals surface area contributed by atoms with E-state index in [-0.39, 0.29) is 5.78 Å². The van der Waals surface area contributed by atoms with Gasteiger partial charge in [0, 0.05) is 47.4 Å².